The number of anilines is 1. The summed E-state index contributed by atoms with van der Waals surface area (Å²) in [6.45, 7) is 1.97. The van der Waals surface area contributed by atoms with E-state index < -0.39 is 17.9 Å². The molecule has 0 saturated heterocycles. The van der Waals surface area contributed by atoms with Crippen LogP contribution in [0.3, 0.4) is 0 Å². The van der Waals surface area contributed by atoms with Gasteiger partial charge in [0.1, 0.15) is 17.3 Å². The first-order chi connectivity index (χ1) is 13.1. The smallest absolute Gasteiger partial charge is 0.411 e. The van der Waals surface area contributed by atoms with E-state index >= 15 is 0 Å². The van der Waals surface area contributed by atoms with Crippen LogP contribution in [0.1, 0.15) is 17.4 Å². The lowest BCUT2D eigenvalue weighted by molar-refractivity contribution is 0.0728. The molecule has 0 fully saturated rings. The second-order valence-electron chi connectivity index (χ2n) is 5.36. The molecule has 0 aliphatic rings. The van der Waals surface area contributed by atoms with Crippen LogP contribution >= 0.6 is 0 Å². The molecular weight excluding hydrogens is 353 g/mol. The third-order valence-electron chi connectivity index (χ3n) is 3.48. The monoisotopic (exact) mass is 369 g/mol. The number of nitrogens with one attached hydrogen (secondary N) is 1. The summed E-state index contributed by atoms with van der Waals surface area (Å²) in [7, 11) is 0. The van der Waals surface area contributed by atoms with Crippen molar-refractivity contribution in [2.45, 2.75) is 6.92 Å². The number of benzene rings is 2. The molecule has 0 unspecified atom stereocenters. The van der Waals surface area contributed by atoms with Crippen molar-refractivity contribution >= 4 is 17.7 Å². The molecule has 1 heterocycles. The molecule has 27 heavy (non-hydrogen) atoms. The summed E-state index contributed by atoms with van der Waals surface area (Å²) in [6.07, 6.45) is 0.905. The highest BCUT2D eigenvalue weighted by Gasteiger charge is 2.14. The Labute approximate surface area is 154 Å². The van der Waals surface area contributed by atoms with Crippen molar-refractivity contribution in [2.24, 2.45) is 0 Å². The maximum absolute atomic E-state index is 13.8. The van der Waals surface area contributed by atoms with Crippen LogP contribution in [0.15, 0.2) is 60.8 Å². The first kappa shape index (κ1) is 18.1. The van der Waals surface area contributed by atoms with Gasteiger partial charge in [-0.15, -0.1) is 0 Å². The van der Waals surface area contributed by atoms with E-state index in [2.05, 4.69) is 10.4 Å². The third kappa shape index (κ3) is 4.49. The zero-order valence-corrected chi connectivity index (χ0v) is 14.4. The highest BCUT2D eigenvalue weighted by molar-refractivity contribution is 5.89. The minimum Gasteiger partial charge on any atom is -0.450 e. The standard InChI is InChI=1S/C19H16FN3O4/c1-2-26-19(25)21-13-7-9-14(10-8-13)27-18(24)16-11-12-23(22-16)17-6-4-3-5-15(17)20/h3-12H,2H2,1H3,(H,21,25). The molecular formula is C19H16FN3O4. The van der Waals surface area contributed by atoms with Crippen molar-refractivity contribution in [2.75, 3.05) is 11.9 Å². The number of hydrogen-bond donors (Lipinski definition) is 1. The normalized spacial score (nSPS) is 10.3. The summed E-state index contributed by atoms with van der Waals surface area (Å²) >= 11 is 0. The van der Waals surface area contributed by atoms with Gasteiger partial charge in [-0.2, -0.15) is 5.10 Å². The van der Waals surface area contributed by atoms with E-state index in [1.54, 1.807) is 37.3 Å². The van der Waals surface area contributed by atoms with E-state index in [4.69, 9.17) is 9.47 Å². The predicted molar refractivity (Wildman–Crippen MR) is 95.6 cm³/mol. The Morgan fingerprint density at radius 1 is 1.11 bits per heavy atom. The van der Waals surface area contributed by atoms with Gasteiger partial charge >= 0.3 is 12.1 Å². The lowest BCUT2D eigenvalue weighted by atomic mass is 10.3. The average molecular weight is 369 g/mol. The van der Waals surface area contributed by atoms with Crippen LogP contribution in [-0.4, -0.2) is 28.4 Å². The van der Waals surface area contributed by atoms with Gasteiger partial charge in [0.25, 0.3) is 0 Å². The van der Waals surface area contributed by atoms with Gasteiger partial charge in [-0.3, -0.25) is 5.32 Å². The van der Waals surface area contributed by atoms with Gasteiger partial charge in [0.2, 0.25) is 0 Å². The number of ether oxygens (including phenoxy) is 2. The lowest BCUT2D eigenvalue weighted by Crippen LogP contribution is -2.13. The minimum absolute atomic E-state index is 0.0342. The Morgan fingerprint density at radius 3 is 2.56 bits per heavy atom. The molecule has 3 rings (SSSR count). The number of hydrogen-bond acceptors (Lipinski definition) is 5. The van der Waals surface area contributed by atoms with Crippen LogP contribution in [0.25, 0.3) is 5.69 Å². The number of amides is 1. The molecule has 8 heteroatoms. The summed E-state index contributed by atoms with van der Waals surface area (Å²) in [4.78, 5) is 23.6. The fraction of sp³-hybridized carbons (Fsp3) is 0.105. The van der Waals surface area contributed by atoms with Crippen molar-refractivity contribution in [3.8, 4) is 11.4 Å². The highest BCUT2D eigenvalue weighted by atomic mass is 19.1. The van der Waals surface area contributed by atoms with Gasteiger partial charge in [0, 0.05) is 11.9 Å². The van der Waals surface area contributed by atoms with Gasteiger partial charge in [-0.1, -0.05) is 12.1 Å². The highest BCUT2D eigenvalue weighted by Crippen LogP contribution is 2.18. The minimum atomic E-state index is -0.684. The van der Waals surface area contributed by atoms with E-state index in [9.17, 15) is 14.0 Å². The molecule has 0 spiro atoms. The molecule has 0 aliphatic carbocycles. The molecule has 0 saturated carbocycles. The number of esters is 1. The van der Waals surface area contributed by atoms with Crippen LogP contribution in [0.5, 0.6) is 5.75 Å². The molecule has 0 atom stereocenters. The second kappa shape index (κ2) is 8.13. The van der Waals surface area contributed by atoms with Crippen LogP contribution < -0.4 is 10.1 Å². The maximum Gasteiger partial charge on any atom is 0.411 e. The molecule has 1 aromatic heterocycles. The van der Waals surface area contributed by atoms with Crippen LogP contribution in [0.2, 0.25) is 0 Å². The van der Waals surface area contributed by atoms with Crippen LogP contribution in [0.4, 0.5) is 14.9 Å². The topological polar surface area (TPSA) is 82.5 Å². The van der Waals surface area contributed by atoms with Crippen LogP contribution in [-0.2, 0) is 4.74 Å². The molecule has 2 aromatic carbocycles. The van der Waals surface area contributed by atoms with E-state index in [0.29, 0.717) is 5.69 Å². The molecule has 1 N–H and O–H groups in total. The van der Waals surface area contributed by atoms with E-state index in [0.717, 1.165) is 0 Å². The number of aromatic nitrogens is 2. The lowest BCUT2D eigenvalue weighted by Gasteiger charge is -2.06. The Balaban J connectivity index is 1.66. The van der Waals surface area contributed by atoms with Gasteiger partial charge in [0.15, 0.2) is 5.69 Å². The first-order valence-corrected chi connectivity index (χ1v) is 8.13. The largest absolute Gasteiger partial charge is 0.450 e. The van der Waals surface area contributed by atoms with Gasteiger partial charge in [-0.05, 0) is 49.4 Å². The SMILES string of the molecule is CCOC(=O)Nc1ccc(OC(=O)c2ccn(-c3ccccc3F)n2)cc1. The summed E-state index contributed by atoms with van der Waals surface area (Å²) < 4.78 is 25.1. The Hall–Kier alpha value is -3.68. The van der Waals surface area contributed by atoms with Crippen molar-refractivity contribution < 1.29 is 23.5 Å². The van der Waals surface area contributed by atoms with Gasteiger partial charge < -0.3 is 9.47 Å². The first-order valence-electron chi connectivity index (χ1n) is 8.13. The number of carbonyl (C=O) groups is 2. The quantitative estimate of drug-likeness (QED) is 0.546. The molecule has 7 nitrogen and oxygen atoms in total. The average Bonchev–Trinajstić information content (AvgIpc) is 3.14. The van der Waals surface area contributed by atoms with Crippen molar-refractivity contribution in [3.05, 3.63) is 72.3 Å². The zero-order chi connectivity index (χ0) is 19.2. The number of halogens is 1. The Morgan fingerprint density at radius 2 is 1.85 bits per heavy atom. The molecule has 0 aliphatic heterocycles. The van der Waals surface area contributed by atoms with Crippen molar-refractivity contribution in [1.82, 2.24) is 9.78 Å². The molecule has 138 valence electrons. The maximum atomic E-state index is 13.8. The fourth-order valence-corrected chi connectivity index (χ4v) is 2.26. The number of carbonyl (C=O) groups excluding carboxylic acids is 2. The predicted octanol–water partition coefficient (Wildman–Crippen LogP) is 3.80. The molecule has 3 aromatic rings. The van der Waals surface area contributed by atoms with Crippen LogP contribution in [0, 0.1) is 5.82 Å². The number of para-hydroxylation sites is 1. The molecule has 0 bridgehead atoms. The second-order valence-corrected chi connectivity index (χ2v) is 5.36. The molecule has 1 amide bonds. The van der Waals surface area contributed by atoms with E-state index in [1.165, 1.54) is 35.1 Å². The van der Waals surface area contributed by atoms with E-state index in [1.807, 2.05) is 0 Å². The van der Waals surface area contributed by atoms with Gasteiger partial charge in [-0.25, -0.2) is 18.7 Å². The summed E-state index contributed by atoms with van der Waals surface area (Å²) in [5, 5.41) is 6.57. The van der Waals surface area contributed by atoms with Crippen molar-refractivity contribution in [1.29, 1.82) is 0 Å². The number of nitrogens with zero attached hydrogens (tertiary/aromatic N) is 2. The van der Waals surface area contributed by atoms with Gasteiger partial charge in [0.05, 0.1) is 6.61 Å². The van der Waals surface area contributed by atoms with Crippen molar-refractivity contribution in [3.63, 3.8) is 0 Å². The Kier molecular flexibility index (Phi) is 5.46. The zero-order valence-electron chi connectivity index (χ0n) is 14.4. The summed E-state index contributed by atoms with van der Waals surface area (Å²) in [5.41, 5.74) is 0.759. The molecule has 0 radical (unpaired) electrons. The Bertz CT molecular complexity index is 954. The summed E-state index contributed by atoms with van der Waals surface area (Å²) in [5.74, 6) is -0.865. The number of rotatable bonds is 5. The fourth-order valence-electron chi connectivity index (χ4n) is 2.26. The van der Waals surface area contributed by atoms with E-state index in [-0.39, 0.29) is 23.7 Å². The third-order valence-corrected chi connectivity index (χ3v) is 3.48. The summed E-state index contributed by atoms with van der Waals surface area (Å²) in [6, 6.07) is 13.7.